The second-order valence-electron chi connectivity index (χ2n) is 2.66. The molecular weight excluding hydrogens is 198 g/mol. The molecule has 0 aliphatic rings. The van der Waals surface area contributed by atoms with Crippen molar-refractivity contribution in [2.45, 2.75) is 0 Å². The van der Waals surface area contributed by atoms with E-state index in [0.29, 0.717) is 11.3 Å². The Hall–Kier alpha value is -2.24. The molecule has 0 radical (unpaired) electrons. The molecule has 0 fully saturated rings. The zero-order valence-electron chi connectivity index (χ0n) is 8.10. The average Bonchev–Trinajstić information content (AvgIpc) is 2.20. The molecule has 0 unspecified atom stereocenters. The number of carbonyl (C=O) groups excluding carboxylic acids is 1. The number of methoxy groups -OCH3 is 1. The largest absolute Gasteiger partial charge is 0.507 e. The highest BCUT2D eigenvalue weighted by molar-refractivity contribution is 5.84. The molecule has 1 rings (SSSR count). The lowest BCUT2D eigenvalue weighted by molar-refractivity contribution is 0.249. The Morgan fingerprint density at radius 2 is 2.40 bits per heavy atom. The van der Waals surface area contributed by atoms with Crippen molar-refractivity contribution in [2.24, 2.45) is 10.8 Å². The van der Waals surface area contributed by atoms with E-state index in [0.717, 1.165) is 0 Å². The second-order valence-corrected chi connectivity index (χ2v) is 2.66. The number of hydrazone groups is 1. The van der Waals surface area contributed by atoms with Gasteiger partial charge in [-0.05, 0) is 12.1 Å². The number of amides is 2. The van der Waals surface area contributed by atoms with Crippen LogP contribution in [0.25, 0.3) is 0 Å². The Morgan fingerprint density at radius 1 is 1.67 bits per heavy atom. The topological polar surface area (TPSA) is 96.9 Å². The van der Waals surface area contributed by atoms with Crippen LogP contribution >= 0.6 is 0 Å². The summed E-state index contributed by atoms with van der Waals surface area (Å²) in [5.41, 5.74) is 7.26. The molecule has 0 bridgehead atoms. The molecule has 0 aliphatic heterocycles. The Bertz CT molecular complexity index is 390. The second kappa shape index (κ2) is 4.85. The standard InChI is InChI=1S/C9H11N3O3/c1-15-7-3-2-6(8(13)4-7)5-11-12-9(10)14/h2-5,13H,1H3,(H3,10,12,14)/b11-5-. The van der Waals surface area contributed by atoms with Crippen molar-refractivity contribution in [2.75, 3.05) is 7.11 Å². The normalized spacial score (nSPS) is 10.2. The number of phenols is 1. The Kier molecular flexibility index (Phi) is 3.50. The first-order valence-corrected chi connectivity index (χ1v) is 4.09. The van der Waals surface area contributed by atoms with E-state index >= 15 is 0 Å². The Balaban J connectivity index is 2.78. The number of benzene rings is 1. The maximum absolute atomic E-state index is 10.3. The van der Waals surface area contributed by atoms with Gasteiger partial charge < -0.3 is 15.6 Å². The number of rotatable bonds is 3. The molecule has 0 atom stereocenters. The fourth-order valence-electron chi connectivity index (χ4n) is 0.925. The van der Waals surface area contributed by atoms with Gasteiger partial charge >= 0.3 is 6.03 Å². The van der Waals surface area contributed by atoms with Crippen LogP contribution in [0.1, 0.15) is 5.56 Å². The number of hydrogen-bond donors (Lipinski definition) is 3. The minimum atomic E-state index is -0.765. The maximum atomic E-state index is 10.3. The minimum Gasteiger partial charge on any atom is -0.507 e. The lowest BCUT2D eigenvalue weighted by Gasteiger charge is -2.02. The first-order chi connectivity index (χ1) is 7.13. The number of aromatic hydroxyl groups is 1. The zero-order valence-corrected chi connectivity index (χ0v) is 8.10. The number of phenolic OH excluding ortho intramolecular Hbond substituents is 1. The van der Waals surface area contributed by atoms with E-state index in [9.17, 15) is 9.90 Å². The summed E-state index contributed by atoms with van der Waals surface area (Å²) in [5.74, 6) is 0.539. The number of nitrogens with zero attached hydrogens (tertiary/aromatic N) is 1. The molecule has 0 heterocycles. The van der Waals surface area contributed by atoms with Crippen molar-refractivity contribution in [3.05, 3.63) is 23.8 Å². The zero-order chi connectivity index (χ0) is 11.3. The van der Waals surface area contributed by atoms with E-state index in [2.05, 4.69) is 5.10 Å². The molecule has 0 saturated heterocycles. The monoisotopic (exact) mass is 209 g/mol. The highest BCUT2D eigenvalue weighted by Gasteiger charge is 2.00. The number of nitrogens with one attached hydrogen (secondary N) is 1. The van der Waals surface area contributed by atoms with Crippen LogP contribution < -0.4 is 15.9 Å². The van der Waals surface area contributed by atoms with Crippen LogP contribution in [0.15, 0.2) is 23.3 Å². The van der Waals surface area contributed by atoms with Gasteiger partial charge in [0.05, 0.1) is 13.3 Å². The van der Waals surface area contributed by atoms with Gasteiger partial charge in [-0.1, -0.05) is 0 Å². The molecule has 1 aromatic rings. The third-order valence-electron chi connectivity index (χ3n) is 1.62. The van der Waals surface area contributed by atoms with Crippen molar-refractivity contribution < 1.29 is 14.6 Å². The van der Waals surface area contributed by atoms with E-state index in [1.807, 2.05) is 5.43 Å². The number of urea groups is 1. The third kappa shape index (κ3) is 3.18. The van der Waals surface area contributed by atoms with Crippen molar-refractivity contribution in [3.63, 3.8) is 0 Å². The highest BCUT2D eigenvalue weighted by Crippen LogP contribution is 2.21. The smallest absolute Gasteiger partial charge is 0.332 e. The number of nitrogens with two attached hydrogens (primary N) is 1. The van der Waals surface area contributed by atoms with Gasteiger partial charge in [-0.25, -0.2) is 10.2 Å². The summed E-state index contributed by atoms with van der Waals surface area (Å²) in [7, 11) is 1.50. The van der Waals surface area contributed by atoms with Gasteiger partial charge in [0.1, 0.15) is 11.5 Å². The van der Waals surface area contributed by atoms with Gasteiger partial charge in [0, 0.05) is 11.6 Å². The third-order valence-corrected chi connectivity index (χ3v) is 1.62. The average molecular weight is 209 g/mol. The molecule has 6 heteroatoms. The van der Waals surface area contributed by atoms with E-state index < -0.39 is 6.03 Å². The van der Waals surface area contributed by atoms with Crippen LogP contribution in [0.5, 0.6) is 11.5 Å². The fourth-order valence-corrected chi connectivity index (χ4v) is 0.925. The molecule has 0 spiro atoms. The van der Waals surface area contributed by atoms with E-state index in [1.54, 1.807) is 12.1 Å². The summed E-state index contributed by atoms with van der Waals surface area (Å²) in [5, 5.41) is 13.0. The minimum absolute atomic E-state index is 0.00405. The quantitative estimate of drug-likeness (QED) is 0.496. The maximum Gasteiger partial charge on any atom is 0.332 e. The first-order valence-electron chi connectivity index (χ1n) is 4.09. The van der Waals surface area contributed by atoms with Gasteiger partial charge in [0.15, 0.2) is 0 Å². The molecule has 0 saturated carbocycles. The summed E-state index contributed by atoms with van der Waals surface area (Å²) in [6.45, 7) is 0. The molecule has 6 nitrogen and oxygen atoms in total. The van der Waals surface area contributed by atoms with Crippen LogP contribution in [-0.4, -0.2) is 24.5 Å². The van der Waals surface area contributed by atoms with Crippen molar-refractivity contribution in [1.29, 1.82) is 0 Å². The summed E-state index contributed by atoms with van der Waals surface area (Å²) >= 11 is 0. The van der Waals surface area contributed by atoms with Crippen molar-refractivity contribution in [3.8, 4) is 11.5 Å². The van der Waals surface area contributed by atoms with E-state index in [-0.39, 0.29) is 5.75 Å². The molecule has 80 valence electrons. The first kappa shape index (κ1) is 10.8. The molecule has 0 aromatic heterocycles. The Morgan fingerprint density at radius 3 is 2.93 bits per heavy atom. The molecule has 4 N–H and O–H groups in total. The highest BCUT2D eigenvalue weighted by atomic mass is 16.5. The number of ether oxygens (including phenoxy) is 1. The predicted molar refractivity (Wildman–Crippen MR) is 55.0 cm³/mol. The summed E-state index contributed by atoms with van der Waals surface area (Å²) < 4.78 is 4.90. The van der Waals surface area contributed by atoms with Crippen LogP contribution in [0.4, 0.5) is 4.79 Å². The Labute approximate surface area is 86.4 Å². The molecule has 15 heavy (non-hydrogen) atoms. The summed E-state index contributed by atoms with van der Waals surface area (Å²) in [6, 6.07) is 3.93. The van der Waals surface area contributed by atoms with Gasteiger partial charge in [0.2, 0.25) is 0 Å². The number of hydrogen-bond acceptors (Lipinski definition) is 4. The van der Waals surface area contributed by atoms with Gasteiger partial charge in [0.25, 0.3) is 0 Å². The lowest BCUT2D eigenvalue weighted by Crippen LogP contribution is -2.24. The van der Waals surface area contributed by atoms with Crippen molar-refractivity contribution >= 4 is 12.2 Å². The molecule has 2 amide bonds. The lowest BCUT2D eigenvalue weighted by atomic mass is 10.2. The van der Waals surface area contributed by atoms with Crippen LogP contribution in [0, 0.1) is 0 Å². The fraction of sp³-hybridized carbons (Fsp3) is 0.111. The van der Waals surface area contributed by atoms with Gasteiger partial charge in [-0.3, -0.25) is 0 Å². The number of primary amides is 1. The number of carbonyl (C=O) groups is 1. The van der Waals surface area contributed by atoms with Crippen LogP contribution in [-0.2, 0) is 0 Å². The van der Waals surface area contributed by atoms with Gasteiger partial charge in [-0.2, -0.15) is 5.10 Å². The van der Waals surface area contributed by atoms with E-state index in [1.165, 1.54) is 19.4 Å². The molecular formula is C9H11N3O3. The molecule has 0 aliphatic carbocycles. The van der Waals surface area contributed by atoms with Crippen LogP contribution in [0.3, 0.4) is 0 Å². The van der Waals surface area contributed by atoms with E-state index in [4.69, 9.17) is 10.5 Å². The van der Waals surface area contributed by atoms with Gasteiger partial charge in [-0.15, -0.1) is 0 Å². The summed E-state index contributed by atoms with van der Waals surface area (Å²) in [4.78, 5) is 10.3. The van der Waals surface area contributed by atoms with Crippen LogP contribution in [0.2, 0.25) is 0 Å². The summed E-state index contributed by atoms with van der Waals surface area (Å²) in [6.07, 6.45) is 1.28. The van der Waals surface area contributed by atoms with Crippen molar-refractivity contribution in [1.82, 2.24) is 5.43 Å². The SMILES string of the molecule is COc1ccc(/C=N\NC(N)=O)c(O)c1. The predicted octanol–water partition coefficient (Wildman–Crippen LogP) is 0.403. The molecule has 1 aromatic carbocycles.